The molecule has 1 nitrogen and oxygen atoms in total. The van der Waals surface area contributed by atoms with Crippen LogP contribution in [0.5, 0.6) is 0 Å². The van der Waals surface area contributed by atoms with Crippen LogP contribution in [0.15, 0.2) is 53.4 Å². The Morgan fingerprint density at radius 3 is 2.20 bits per heavy atom. The first-order chi connectivity index (χ1) is 9.65. The monoisotopic (exact) mass is 285 g/mol. The van der Waals surface area contributed by atoms with E-state index >= 15 is 0 Å². The molecule has 0 unspecified atom stereocenters. The number of anilines is 1. The van der Waals surface area contributed by atoms with Crippen molar-refractivity contribution in [3.63, 3.8) is 0 Å². The third kappa shape index (κ3) is 4.61. The zero-order chi connectivity index (χ0) is 14.4. The molecule has 0 bridgehead atoms. The smallest absolute Gasteiger partial charge is 0.0340 e. The molecule has 106 valence electrons. The van der Waals surface area contributed by atoms with Crippen molar-refractivity contribution in [2.24, 2.45) is 0 Å². The van der Waals surface area contributed by atoms with Gasteiger partial charge in [0, 0.05) is 22.9 Å². The SMILES string of the molecule is Cc1ccc(NCCSc2ccc(C(C)C)cc2)cc1. The van der Waals surface area contributed by atoms with Gasteiger partial charge < -0.3 is 5.32 Å². The third-order valence-corrected chi connectivity index (χ3v) is 4.31. The lowest BCUT2D eigenvalue weighted by atomic mass is 10.0. The van der Waals surface area contributed by atoms with Crippen molar-refractivity contribution < 1.29 is 0 Å². The Labute approximate surface area is 126 Å². The third-order valence-electron chi connectivity index (χ3n) is 3.30. The van der Waals surface area contributed by atoms with E-state index < -0.39 is 0 Å². The highest BCUT2D eigenvalue weighted by atomic mass is 32.2. The van der Waals surface area contributed by atoms with Crippen LogP contribution in [-0.2, 0) is 0 Å². The van der Waals surface area contributed by atoms with Crippen molar-refractivity contribution in [3.8, 4) is 0 Å². The summed E-state index contributed by atoms with van der Waals surface area (Å²) < 4.78 is 0. The van der Waals surface area contributed by atoms with Gasteiger partial charge in [-0.3, -0.25) is 0 Å². The predicted molar refractivity (Wildman–Crippen MR) is 90.9 cm³/mol. The minimum absolute atomic E-state index is 0.609. The van der Waals surface area contributed by atoms with Gasteiger partial charge in [-0.1, -0.05) is 43.7 Å². The molecular formula is C18H23NS. The summed E-state index contributed by atoms with van der Waals surface area (Å²) in [6.07, 6.45) is 0. The van der Waals surface area contributed by atoms with Crippen LogP contribution in [0, 0.1) is 6.92 Å². The molecule has 2 rings (SSSR count). The van der Waals surface area contributed by atoms with Crippen molar-refractivity contribution in [2.45, 2.75) is 31.6 Å². The van der Waals surface area contributed by atoms with Crippen LogP contribution >= 0.6 is 11.8 Å². The van der Waals surface area contributed by atoms with Crippen LogP contribution in [-0.4, -0.2) is 12.3 Å². The second-order valence-corrected chi connectivity index (χ2v) is 6.53. The lowest BCUT2D eigenvalue weighted by Crippen LogP contribution is -2.03. The van der Waals surface area contributed by atoms with E-state index in [9.17, 15) is 0 Å². The second-order valence-electron chi connectivity index (χ2n) is 5.36. The second kappa shape index (κ2) is 7.39. The van der Waals surface area contributed by atoms with E-state index in [0.29, 0.717) is 5.92 Å². The minimum atomic E-state index is 0.609. The predicted octanol–water partition coefficient (Wildman–Crippen LogP) is 5.32. The number of hydrogen-bond acceptors (Lipinski definition) is 2. The van der Waals surface area contributed by atoms with Crippen LogP contribution in [0.3, 0.4) is 0 Å². The maximum absolute atomic E-state index is 3.45. The summed E-state index contributed by atoms with van der Waals surface area (Å²) in [5.74, 6) is 1.69. The van der Waals surface area contributed by atoms with E-state index in [1.54, 1.807) is 0 Å². The number of thioether (sulfide) groups is 1. The van der Waals surface area contributed by atoms with Gasteiger partial charge in [-0.15, -0.1) is 11.8 Å². The first kappa shape index (κ1) is 15.0. The maximum atomic E-state index is 3.45. The van der Waals surface area contributed by atoms with E-state index in [0.717, 1.165) is 12.3 Å². The Kier molecular flexibility index (Phi) is 5.54. The molecule has 0 aromatic heterocycles. The lowest BCUT2D eigenvalue weighted by molar-refractivity contribution is 0.865. The van der Waals surface area contributed by atoms with Crippen molar-refractivity contribution in [1.29, 1.82) is 0 Å². The molecule has 0 saturated carbocycles. The summed E-state index contributed by atoms with van der Waals surface area (Å²) in [4.78, 5) is 1.35. The molecule has 0 atom stereocenters. The summed E-state index contributed by atoms with van der Waals surface area (Å²) in [6.45, 7) is 7.56. The van der Waals surface area contributed by atoms with E-state index in [2.05, 4.69) is 74.6 Å². The molecule has 0 saturated heterocycles. The van der Waals surface area contributed by atoms with Crippen molar-refractivity contribution in [2.75, 3.05) is 17.6 Å². The van der Waals surface area contributed by atoms with Gasteiger partial charge in [-0.25, -0.2) is 0 Å². The fourth-order valence-corrected chi connectivity index (χ4v) is 2.75. The molecule has 2 heteroatoms. The van der Waals surface area contributed by atoms with Gasteiger partial charge in [0.25, 0.3) is 0 Å². The number of hydrogen-bond donors (Lipinski definition) is 1. The van der Waals surface area contributed by atoms with E-state index in [4.69, 9.17) is 0 Å². The first-order valence-electron chi connectivity index (χ1n) is 7.18. The Bertz CT molecular complexity index is 514. The van der Waals surface area contributed by atoms with E-state index in [1.165, 1.54) is 21.7 Å². The van der Waals surface area contributed by atoms with Crippen LogP contribution in [0.2, 0.25) is 0 Å². The molecule has 0 aliphatic carbocycles. The molecule has 20 heavy (non-hydrogen) atoms. The topological polar surface area (TPSA) is 12.0 Å². The molecule has 0 aliphatic heterocycles. The highest BCUT2D eigenvalue weighted by Gasteiger charge is 1.99. The van der Waals surface area contributed by atoms with E-state index in [1.807, 2.05) is 11.8 Å². The Morgan fingerprint density at radius 1 is 0.950 bits per heavy atom. The molecule has 2 aromatic rings. The number of nitrogens with one attached hydrogen (secondary N) is 1. The zero-order valence-corrected chi connectivity index (χ0v) is 13.3. The summed E-state index contributed by atoms with van der Waals surface area (Å²) in [6, 6.07) is 17.5. The fraction of sp³-hybridized carbons (Fsp3) is 0.333. The van der Waals surface area contributed by atoms with Crippen LogP contribution < -0.4 is 5.32 Å². The van der Waals surface area contributed by atoms with Crippen LogP contribution in [0.4, 0.5) is 5.69 Å². The molecular weight excluding hydrogens is 262 g/mol. The van der Waals surface area contributed by atoms with Crippen molar-refractivity contribution in [1.82, 2.24) is 0 Å². The van der Waals surface area contributed by atoms with Gasteiger partial charge in [0.05, 0.1) is 0 Å². The Hall–Kier alpha value is -1.41. The normalized spacial score (nSPS) is 10.8. The molecule has 0 radical (unpaired) electrons. The minimum Gasteiger partial charge on any atom is -0.384 e. The van der Waals surface area contributed by atoms with Crippen molar-refractivity contribution in [3.05, 3.63) is 59.7 Å². The van der Waals surface area contributed by atoms with Gasteiger partial charge in [0.1, 0.15) is 0 Å². The van der Waals surface area contributed by atoms with Gasteiger partial charge in [0.2, 0.25) is 0 Å². The van der Waals surface area contributed by atoms with E-state index in [-0.39, 0.29) is 0 Å². The Morgan fingerprint density at radius 2 is 1.60 bits per heavy atom. The number of benzene rings is 2. The Balaban J connectivity index is 1.74. The van der Waals surface area contributed by atoms with Gasteiger partial charge in [0.15, 0.2) is 0 Å². The molecule has 0 spiro atoms. The largest absolute Gasteiger partial charge is 0.384 e. The summed E-state index contributed by atoms with van der Waals surface area (Å²) in [7, 11) is 0. The van der Waals surface area contributed by atoms with Crippen LogP contribution in [0.25, 0.3) is 0 Å². The average Bonchev–Trinajstić information content (AvgIpc) is 2.46. The number of aryl methyl sites for hydroxylation is 1. The zero-order valence-electron chi connectivity index (χ0n) is 12.5. The number of rotatable bonds is 6. The lowest BCUT2D eigenvalue weighted by Gasteiger charge is -2.08. The molecule has 0 heterocycles. The molecule has 0 amide bonds. The molecule has 2 aromatic carbocycles. The average molecular weight is 285 g/mol. The molecule has 1 N–H and O–H groups in total. The highest BCUT2D eigenvalue weighted by molar-refractivity contribution is 7.99. The standard InChI is InChI=1S/C18H23NS/c1-14(2)16-6-10-18(11-7-16)20-13-12-19-17-8-4-15(3)5-9-17/h4-11,14,19H,12-13H2,1-3H3. The van der Waals surface area contributed by atoms with Crippen LogP contribution in [0.1, 0.15) is 30.9 Å². The van der Waals surface area contributed by atoms with Gasteiger partial charge >= 0.3 is 0 Å². The molecule has 0 fully saturated rings. The highest BCUT2D eigenvalue weighted by Crippen LogP contribution is 2.21. The summed E-state index contributed by atoms with van der Waals surface area (Å²) >= 11 is 1.90. The first-order valence-corrected chi connectivity index (χ1v) is 8.17. The fourth-order valence-electron chi connectivity index (χ4n) is 1.98. The summed E-state index contributed by atoms with van der Waals surface area (Å²) in [5, 5.41) is 3.45. The van der Waals surface area contributed by atoms with Gasteiger partial charge in [-0.2, -0.15) is 0 Å². The summed E-state index contributed by atoms with van der Waals surface area (Å²) in [5.41, 5.74) is 3.91. The maximum Gasteiger partial charge on any atom is 0.0340 e. The molecule has 0 aliphatic rings. The quantitative estimate of drug-likeness (QED) is 0.569. The van der Waals surface area contributed by atoms with Gasteiger partial charge in [-0.05, 0) is 42.7 Å². The van der Waals surface area contributed by atoms with Crippen molar-refractivity contribution >= 4 is 17.4 Å².